The van der Waals surface area contributed by atoms with Gasteiger partial charge in [-0.1, -0.05) is 45.4 Å². The SMILES string of the molecule is CCCCn1c(N)c(N(CC(C)C)C(=O)CCNC(=O)Nc2ccccc2)c(=O)[nH]c1=O. The molecule has 1 aromatic carbocycles. The number of hydrogen-bond donors (Lipinski definition) is 4. The molecule has 32 heavy (non-hydrogen) atoms. The van der Waals surface area contributed by atoms with Gasteiger partial charge in [0, 0.05) is 31.7 Å². The minimum atomic E-state index is -0.705. The predicted octanol–water partition coefficient (Wildman–Crippen LogP) is 2.12. The van der Waals surface area contributed by atoms with E-state index in [1.165, 1.54) is 9.47 Å². The zero-order valence-electron chi connectivity index (χ0n) is 18.8. The molecule has 3 amide bonds. The van der Waals surface area contributed by atoms with Crippen LogP contribution in [0.3, 0.4) is 0 Å². The standard InChI is InChI=1S/C22H32N6O4/c1-4-5-13-27-19(23)18(20(30)26-22(27)32)28(14-15(2)3)17(29)11-12-24-21(31)25-16-9-7-6-8-10-16/h6-10,15H,4-5,11-14,23H2,1-3H3,(H2,24,25,31)(H,26,30,32). The third-order valence-electron chi connectivity index (χ3n) is 4.72. The topological polar surface area (TPSA) is 142 Å². The number of nitrogens with zero attached hydrogens (tertiary/aromatic N) is 2. The summed E-state index contributed by atoms with van der Waals surface area (Å²) in [6, 6.07) is 8.49. The molecule has 10 heteroatoms. The number of amides is 3. The molecule has 5 N–H and O–H groups in total. The summed E-state index contributed by atoms with van der Waals surface area (Å²) >= 11 is 0. The summed E-state index contributed by atoms with van der Waals surface area (Å²) in [7, 11) is 0. The first-order chi connectivity index (χ1) is 15.2. The van der Waals surface area contributed by atoms with Gasteiger partial charge >= 0.3 is 11.7 Å². The largest absolute Gasteiger partial charge is 0.383 e. The maximum Gasteiger partial charge on any atom is 0.330 e. The van der Waals surface area contributed by atoms with Gasteiger partial charge in [0.15, 0.2) is 5.69 Å². The number of para-hydroxylation sites is 1. The molecule has 0 unspecified atom stereocenters. The summed E-state index contributed by atoms with van der Waals surface area (Å²) in [4.78, 5) is 53.4. The van der Waals surface area contributed by atoms with Gasteiger partial charge in [-0.25, -0.2) is 9.59 Å². The number of anilines is 3. The average Bonchev–Trinajstić information content (AvgIpc) is 2.73. The Morgan fingerprint density at radius 2 is 1.88 bits per heavy atom. The minimum Gasteiger partial charge on any atom is -0.383 e. The number of carbonyl (C=O) groups excluding carboxylic acids is 2. The highest BCUT2D eigenvalue weighted by molar-refractivity contribution is 5.96. The smallest absolute Gasteiger partial charge is 0.330 e. The van der Waals surface area contributed by atoms with Crippen LogP contribution >= 0.6 is 0 Å². The van der Waals surface area contributed by atoms with Gasteiger partial charge in [0.1, 0.15) is 5.82 Å². The number of aromatic amines is 1. The lowest BCUT2D eigenvalue weighted by Crippen LogP contribution is -2.43. The van der Waals surface area contributed by atoms with E-state index >= 15 is 0 Å². The monoisotopic (exact) mass is 444 g/mol. The maximum atomic E-state index is 13.0. The molecule has 1 aromatic heterocycles. The van der Waals surface area contributed by atoms with Crippen LogP contribution in [-0.4, -0.2) is 34.6 Å². The quantitative estimate of drug-likeness (QED) is 0.444. The Labute approximate surface area is 186 Å². The van der Waals surface area contributed by atoms with Crippen LogP contribution in [0.15, 0.2) is 39.9 Å². The number of aromatic nitrogens is 2. The molecule has 0 aliphatic carbocycles. The van der Waals surface area contributed by atoms with Crippen LogP contribution in [0.4, 0.5) is 22.0 Å². The van der Waals surface area contributed by atoms with Crippen LogP contribution in [-0.2, 0) is 11.3 Å². The summed E-state index contributed by atoms with van der Waals surface area (Å²) in [6.45, 7) is 6.44. The van der Waals surface area contributed by atoms with Crippen LogP contribution < -0.4 is 32.5 Å². The Morgan fingerprint density at radius 1 is 1.19 bits per heavy atom. The number of rotatable bonds is 10. The van der Waals surface area contributed by atoms with Gasteiger partial charge < -0.3 is 21.3 Å². The molecule has 1 heterocycles. The lowest BCUT2D eigenvalue weighted by Gasteiger charge is -2.26. The van der Waals surface area contributed by atoms with Crippen LogP contribution in [0.2, 0.25) is 0 Å². The van der Waals surface area contributed by atoms with Crippen molar-refractivity contribution in [2.24, 2.45) is 5.92 Å². The van der Waals surface area contributed by atoms with Crippen molar-refractivity contribution in [2.75, 3.05) is 29.0 Å². The number of hydrogen-bond acceptors (Lipinski definition) is 5. The zero-order chi connectivity index (χ0) is 23.7. The molecule has 0 radical (unpaired) electrons. The first-order valence-electron chi connectivity index (χ1n) is 10.8. The first-order valence-corrected chi connectivity index (χ1v) is 10.8. The van der Waals surface area contributed by atoms with Gasteiger partial charge in [-0.15, -0.1) is 0 Å². The second-order valence-corrected chi connectivity index (χ2v) is 7.89. The van der Waals surface area contributed by atoms with Crippen molar-refractivity contribution in [1.82, 2.24) is 14.9 Å². The molecule has 0 spiro atoms. The number of nitrogens with one attached hydrogen (secondary N) is 3. The van der Waals surface area contributed by atoms with Gasteiger partial charge in [0.05, 0.1) is 0 Å². The number of carbonyl (C=O) groups is 2. The Morgan fingerprint density at radius 3 is 2.50 bits per heavy atom. The van der Waals surface area contributed by atoms with E-state index < -0.39 is 17.3 Å². The summed E-state index contributed by atoms with van der Waals surface area (Å²) in [5, 5.41) is 5.30. The fraction of sp³-hybridized carbons (Fsp3) is 0.455. The van der Waals surface area contributed by atoms with Crippen molar-refractivity contribution in [2.45, 2.75) is 46.6 Å². The summed E-state index contributed by atoms with van der Waals surface area (Å²) in [5.41, 5.74) is 5.47. The van der Waals surface area contributed by atoms with Crippen molar-refractivity contribution in [3.63, 3.8) is 0 Å². The lowest BCUT2D eigenvalue weighted by atomic mass is 10.2. The molecular formula is C22H32N6O4. The Hall–Kier alpha value is -3.56. The van der Waals surface area contributed by atoms with Gasteiger partial charge in [-0.05, 0) is 24.5 Å². The number of nitrogens with two attached hydrogens (primary N) is 1. The van der Waals surface area contributed by atoms with E-state index in [0.717, 1.165) is 6.42 Å². The van der Waals surface area contributed by atoms with Crippen LogP contribution in [0.5, 0.6) is 0 Å². The number of unbranched alkanes of at least 4 members (excludes halogenated alkanes) is 1. The third kappa shape index (κ3) is 6.73. The highest BCUT2D eigenvalue weighted by Gasteiger charge is 2.24. The third-order valence-corrected chi connectivity index (χ3v) is 4.72. The van der Waals surface area contributed by atoms with Crippen molar-refractivity contribution in [3.8, 4) is 0 Å². The molecule has 0 atom stereocenters. The van der Waals surface area contributed by atoms with E-state index in [0.29, 0.717) is 18.7 Å². The molecule has 0 saturated heterocycles. The Kier molecular flexibility index (Phi) is 9.06. The van der Waals surface area contributed by atoms with E-state index in [1.807, 2.05) is 26.8 Å². The maximum absolute atomic E-state index is 13.0. The highest BCUT2D eigenvalue weighted by Crippen LogP contribution is 2.19. The first kappa shape index (κ1) is 24.7. The normalized spacial score (nSPS) is 10.8. The molecule has 174 valence electrons. The second-order valence-electron chi connectivity index (χ2n) is 7.89. The van der Waals surface area contributed by atoms with E-state index in [9.17, 15) is 19.2 Å². The lowest BCUT2D eigenvalue weighted by molar-refractivity contribution is -0.118. The summed E-state index contributed by atoms with van der Waals surface area (Å²) in [6.07, 6.45) is 1.50. The number of H-pyrrole nitrogens is 1. The molecule has 2 rings (SSSR count). The van der Waals surface area contributed by atoms with Crippen molar-refractivity contribution < 1.29 is 9.59 Å². The average molecular weight is 445 g/mol. The van der Waals surface area contributed by atoms with Crippen LogP contribution in [0, 0.1) is 5.92 Å². The fourth-order valence-corrected chi connectivity index (χ4v) is 3.17. The second kappa shape index (κ2) is 11.7. The van der Waals surface area contributed by atoms with E-state index in [-0.39, 0.29) is 42.8 Å². The number of nitrogen functional groups attached to an aromatic ring is 1. The van der Waals surface area contributed by atoms with Crippen molar-refractivity contribution >= 4 is 29.1 Å². The fourth-order valence-electron chi connectivity index (χ4n) is 3.17. The number of urea groups is 1. The molecule has 2 aromatic rings. The van der Waals surface area contributed by atoms with E-state index in [1.54, 1.807) is 24.3 Å². The predicted molar refractivity (Wildman–Crippen MR) is 126 cm³/mol. The molecule has 0 fully saturated rings. The molecule has 0 aliphatic heterocycles. The van der Waals surface area contributed by atoms with Gasteiger partial charge in [-0.3, -0.25) is 19.1 Å². The Bertz CT molecular complexity index is 1030. The molecule has 0 saturated carbocycles. The van der Waals surface area contributed by atoms with Gasteiger partial charge in [0.2, 0.25) is 5.91 Å². The molecule has 10 nitrogen and oxygen atoms in total. The Balaban J connectivity index is 2.15. The van der Waals surface area contributed by atoms with E-state index in [4.69, 9.17) is 5.73 Å². The highest BCUT2D eigenvalue weighted by atomic mass is 16.2. The summed E-state index contributed by atoms with van der Waals surface area (Å²) < 4.78 is 1.28. The van der Waals surface area contributed by atoms with Crippen LogP contribution in [0.1, 0.15) is 40.0 Å². The zero-order valence-corrected chi connectivity index (χ0v) is 18.8. The number of benzene rings is 1. The van der Waals surface area contributed by atoms with Gasteiger partial charge in [-0.2, -0.15) is 0 Å². The minimum absolute atomic E-state index is 0.0315. The van der Waals surface area contributed by atoms with Crippen molar-refractivity contribution in [1.29, 1.82) is 0 Å². The molecule has 0 bridgehead atoms. The van der Waals surface area contributed by atoms with Gasteiger partial charge in [0.25, 0.3) is 5.56 Å². The molecular weight excluding hydrogens is 412 g/mol. The summed E-state index contributed by atoms with van der Waals surface area (Å²) in [5.74, 6) is -0.365. The van der Waals surface area contributed by atoms with Crippen LogP contribution in [0.25, 0.3) is 0 Å². The van der Waals surface area contributed by atoms with Crippen molar-refractivity contribution in [3.05, 3.63) is 51.2 Å². The van der Waals surface area contributed by atoms with E-state index in [2.05, 4.69) is 15.6 Å². The molecule has 0 aliphatic rings.